The minimum atomic E-state index is -0.976. The van der Waals surface area contributed by atoms with Crippen molar-refractivity contribution in [3.63, 3.8) is 0 Å². The zero-order chi connectivity index (χ0) is 30.2. The third-order valence-electron chi connectivity index (χ3n) is 8.22. The lowest BCUT2D eigenvalue weighted by Crippen LogP contribution is -2.59. The number of hydrogen-bond donors (Lipinski definition) is 3. The maximum atomic E-state index is 15.1. The predicted octanol–water partition coefficient (Wildman–Crippen LogP) is 3.34. The van der Waals surface area contributed by atoms with Crippen LogP contribution in [-0.2, 0) is 14.3 Å². The number of nitrogens with zero attached hydrogens (tertiary/aromatic N) is 2. The molecule has 3 amide bonds. The number of carbonyl (C=O) groups is 3. The molecule has 0 aromatic heterocycles. The number of rotatable bonds is 7. The molecule has 2 aromatic carbocycles. The lowest BCUT2D eigenvalue weighted by Gasteiger charge is -2.45. The number of likely N-dealkylation sites (tertiary alicyclic amines) is 1. The maximum Gasteiger partial charge on any atom is 0.275 e. The van der Waals surface area contributed by atoms with E-state index in [1.54, 1.807) is 30.9 Å². The van der Waals surface area contributed by atoms with Crippen molar-refractivity contribution in [3.8, 4) is 11.8 Å². The molecule has 5 atom stereocenters. The highest BCUT2D eigenvalue weighted by Gasteiger charge is 2.54. The van der Waals surface area contributed by atoms with Gasteiger partial charge in [0, 0.05) is 23.0 Å². The molecule has 0 spiro atoms. The fourth-order valence-corrected chi connectivity index (χ4v) is 6.14. The van der Waals surface area contributed by atoms with Crippen molar-refractivity contribution in [2.24, 2.45) is 5.41 Å². The highest BCUT2D eigenvalue weighted by Crippen LogP contribution is 2.47. The van der Waals surface area contributed by atoms with Gasteiger partial charge in [-0.1, -0.05) is 23.7 Å². The first-order valence-electron chi connectivity index (χ1n) is 13.9. The first-order valence-corrected chi connectivity index (χ1v) is 14.3. The summed E-state index contributed by atoms with van der Waals surface area (Å²) in [7, 11) is 0. The molecular formula is C30H33ClFN5O5. The minimum Gasteiger partial charge on any atom is -0.477 e. The van der Waals surface area contributed by atoms with Crippen LogP contribution < -0.4 is 20.9 Å². The smallest absolute Gasteiger partial charge is 0.275 e. The quantitative estimate of drug-likeness (QED) is 0.446. The number of hydrazine groups is 1. The van der Waals surface area contributed by atoms with Gasteiger partial charge in [0.25, 0.3) is 11.8 Å². The van der Waals surface area contributed by atoms with E-state index in [1.807, 2.05) is 19.1 Å². The Balaban J connectivity index is 1.34. The summed E-state index contributed by atoms with van der Waals surface area (Å²) in [6.07, 6.45) is 0.686. The monoisotopic (exact) mass is 597 g/mol. The topological polar surface area (TPSA) is 133 Å². The molecule has 3 N–H and O–H groups in total. The summed E-state index contributed by atoms with van der Waals surface area (Å²) < 4.78 is 26.2. The van der Waals surface area contributed by atoms with Crippen LogP contribution in [-0.4, -0.2) is 60.1 Å². The molecular weight excluding hydrogens is 565 g/mol. The van der Waals surface area contributed by atoms with E-state index in [9.17, 15) is 19.6 Å². The molecule has 5 rings (SSSR count). The van der Waals surface area contributed by atoms with E-state index < -0.39 is 41.2 Å². The van der Waals surface area contributed by atoms with E-state index in [2.05, 4.69) is 22.2 Å². The first kappa shape index (κ1) is 29.8. The Morgan fingerprint density at radius 2 is 2.05 bits per heavy atom. The van der Waals surface area contributed by atoms with Gasteiger partial charge in [0.15, 0.2) is 17.7 Å². The number of amides is 3. The molecule has 3 aliphatic heterocycles. The summed E-state index contributed by atoms with van der Waals surface area (Å²) in [5, 5.41) is 13.2. The van der Waals surface area contributed by atoms with E-state index in [4.69, 9.17) is 21.1 Å². The molecule has 10 nitrogen and oxygen atoms in total. The second-order valence-electron chi connectivity index (χ2n) is 11.3. The average molecular weight is 598 g/mol. The Morgan fingerprint density at radius 1 is 1.29 bits per heavy atom. The largest absolute Gasteiger partial charge is 0.477 e. The molecule has 2 unspecified atom stereocenters. The standard InChI is InChI=1S/C30H33ClFN5O5/c1-16-9-20(12-22(32)26(16)42-24-10-17(2)35-36-28(24)39)27(38)34-18(3)29(40)37-23(19-5-4-6-21(31)11-19)7-8-25(37)30(13-33)14-41-15-30/h4-6,9,11-12,17-18,23-25,35H,7-8,10,14-15H2,1-3H3,(H,34,38)(H,36,39)/t17?,18-,23+,24?,25-/m1/s1. The maximum absolute atomic E-state index is 15.1. The first-order chi connectivity index (χ1) is 20.0. The molecule has 0 aliphatic carbocycles. The second-order valence-corrected chi connectivity index (χ2v) is 11.8. The summed E-state index contributed by atoms with van der Waals surface area (Å²) in [5.41, 5.74) is 5.65. The summed E-state index contributed by atoms with van der Waals surface area (Å²) in [6, 6.07) is 10.3. The normalized spacial score (nSPS) is 25.5. The van der Waals surface area contributed by atoms with Gasteiger partial charge in [-0.25, -0.2) is 9.82 Å². The molecule has 3 saturated heterocycles. The Bertz CT molecular complexity index is 1420. The molecule has 0 bridgehead atoms. The molecule has 2 aromatic rings. The summed E-state index contributed by atoms with van der Waals surface area (Å²) in [5.74, 6) is -2.32. The van der Waals surface area contributed by atoms with Crippen molar-refractivity contribution in [3.05, 3.63) is 63.9 Å². The van der Waals surface area contributed by atoms with Gasteiger partial charge >= 0.3 is 0 Å². The van der Waals surface area contributed by atoms with E-state index in [0.717, 1.165) is 11.6 Å². The number of nitrogens with one attached hydrogen (secondary N) is 3. The van der Waals surface area contributed by atoms with Gasteiger partial charge in [0.05, 0.1) is 31.4 Å². The summed E-state index contributed by atoms with van der Waals surface area (Å²) in [6.45, 7) is 5.46. The van der Waals surface area contributed by atoms with E-state index in [-0.39, 0.29) is 42.5 Å². The SMILES string of the molecule is Cc1cc(C(=O)N[C@H](C)C(=O)N2[C@H](c3cccc(Cl)c3)CC[C@@H]2C2(C#N)COC2)cc(F)c1OC1CC(C)NNC1=O. The van der Waals surface area contributed by atoms with Crippen molar-refractivity contribution in [2.45, 2.75) is 70.3 Å². The van der Waals surface area contributed by atoms with Crippen LogP contribution >= 0.6 is 11.6 Å². The number of hydrogen-bond acceptors (Lipinski definition) is 7. The minimum absolute atomic E-state index is 0.00498. The Labute approximate surface area is 248 Å². The van der Waals surface area contributed by atoms with Crippen LogP contribution in [0.5, 0.6) is 5.75 Å². The molecule has 0 radical (unpaired) electrons. The van der Waals surface area contributed by atoms with Crippen LogP contribution in [0.3, 0.4) is 0 Å². The Morgan fingerprint density at radius 3 is 2.69 bits per heavy atom. The predicted molar refractivity (Wildman–Crippen MR) is 151 cm³/mol. The van der Waals surface area contributed by atoms with Gasteiger partial charge in [0.1, 0.15) is 11.5 Å². The molecule has 3 aliphatic rings. The number of nitriles is 1. The molecule has 12 heteroatoms. The lowest BCUT2D eigenvalue weighted by molar-refractivity contribution is -0.150. The average Bonchev–Trinajstić information content (AvgIpc) is 3.37. The molecule has 3 fully saturated rings. The summed E-state index contributed by atoms with van der Waals surface area (Å²) >= 11 is 6.25. The van der Waals surface area contributed by atoms with Gasteiger partial charge in [-0.05, 0) is 69.0 Å². The van der Waals surface area contributed by atoms with Crippen molar-refractivity contribution in [1.29, 1.82) is 5.26 Å². The highest BCUT2D eigenvalue weighted by molar-refractivity contribution is 6.30. The third-order valence-corrected chi connectivity index (χ3v) is 8.46. The van der Waals surface area contributed by atoms with E-state index >= 15 is 4.39 Å². The Kier molecular flexibility index (Phi) is 8.42. The third kappa shape index (κ3) is 5.67. The molecule has 3 heterocycles. The van der Waals surface area contributed by atoms with Gasteiger partial charge < -0.3 is 19.7 Å². The lowest BCUT2D eigenvalue weighted by atomic mass is 9.78. The Hall–Kier alpha value is -3.72. The highest BCUT2D eigenvalue weighted by atomic mass is 35.5. The van der Waals surface area contributed by atoms with Crippen LogP contribution in [0, 0.1) is 29.5 Å². The number of benzene rings is 2. The van der Waals surface area contributed by atoms with Crippen molar-refractivity contribution in [2.75, 3.05) is 13.2 Å². The van der Waals surface area contributed by atoms with Crippen LogP contribution in [0.25, 0.3) is 0 Å². The fraction of sp³-hybridized carbons (Fsp3) is 0.467. The van der Waals surface area contributed by atoms with Crippen LogP contribution in [0.15, 0.2) is 36.4 Å². The van der Waals surface area contributed by atoms with Gasteiger partial charge in [-0.15, -0.1) is 0 Å². The molecule has 222 valence electrons. The molecule has 42 heavy (non-hydrogen) atoms. The van der Waals surface area contributed by atoms with Crippen LogP contribution in [0.1, 0.15) is 60.6 Å². The van der Waals surface area contributed by atoms with Crippen molar-refractivity contribution in [1.82, 2.24) is 21.1 Å². The van der Waals surface area contributed by atoms with Crippen molar-refractivity contribution < 1.29 is 28.2 Å². The van der Waals surface area contributed by atoms with Crippen LogP contribution in [0.2, 0.25) is 5.02 Å². The zero-order valence-electron chi connectivity index (χ0n) is 23.6. The van der Waals surface area contributed by atoms with Gasteiger partial charge in [-0.3, -0.25) is 19.8 Å². The van der Waals surface area contributed by atoms with Crippen molar-refractivity contribution >= 4 is 29.3 Å². The number of halogens is 2. The number of ether oxygens (including phenoxy) is 2. The number of carbonyl (C=O) groups excluding carboxylic acids is 3. The number of aryl methyl sites for hydroxylation is 1. The summed E-state index contributed by atoms with van der Waals surface area (Å²) in [4.78, 5) is 41.0. The van der Waals surface area contributed by atoms with Gasteiger partial charge in [-0.2, -0.15) is 5.26 Å². The van der Waals surface area contributed by atoms with E-state index in [1.165, 1.54) is 6.07 Å². The van der Waals surface area contributed by atoms with Crippen LogP contribution in [0.4, 0.5) is 4.39 Å². The van der Waals surface area contributed by atoms with Gasteiger partial charge in [0.2, 0.25) is 5.91 Å². The fourth-order valence-electron chi connectivity index (χ4n) is 5.94. The zero-order valence-corrected chi connectivity index (χ0v) is 24.3. The second kappa shape index (κ2) is 11.9. The molecule has 0 saturated carbocycles. The van der Waals surface area contributed by atoms with E-state index in [0.29, 0.717) is 29.8 Å².